The Morgan fingerprint density at radius 3 is 2.70 bits per heavy atom. The molecule has 2 saturated heterocycles. The first-order chi connectivity index (χ1) is 11.0. The van der Waals surface area contributed by atoms with E-state index < -0.39 is 0 Å². The largest absolute Gasteiger partial charge is 0.338 e. The minimum absolute atomic E-state index is 0.0334. The van der Waals surface area contributed by atoms with E-state index in [0.717, 1.165) is 17.3 Å². The summed E-state index contributed by atoms with van der Waals surface area (Å²) in [5, 5.41) is -0.220. The number of hydrogen-bond donors (Lipinski definition) is 0. The van der Waals surface area contributed by atoms with Gasteiger partial charge >= 0.3 is 0 Å². The van der Waals surface area contributed by atoms with Gasteiger partial charge in [-0.2, -0.15) is 0 Å². The van der Waals surface area contributed by atoms with Crippen LogP contribution in [0.25, 0.3) is 0 Å². The number of benzene rings is 1. The Morgan fingerprint density at radius 1 is 1.35 bits per heavy atom. The summed E-state index contributed by atoms with van der Waals surface area (Å²) >= 11 is 1.01. The molecule has 3 amide bonds. The molecule has 0 aliphatic carbocycles. The van der Waals surface area contributed by atoms with Gasteiger partial charge in [-0.1, -0.05) is 23.9 Å². The third kappa shape index (κ3) is 3.24. The number of nitrogens with zero attached hydrogens (tertiary/aromatic N) is 2. The molecule has 122 valence electrons. The Balaban J connectivity index is 1.48. The molecule has 0 radical (unpaired) electrons. The number of rotatable bonds is 4. The van der Waals surface area contributed by atoms with Crippen LogP contribution in [0, 0.1) is 12.7 Å². The zero-order chi connectivity index (χ0) is 16.6. The van der Waals surface area contributed by atoms with Gasteiger partial charge in [0.05, 0.1) is 11.8 Å². The Bertz CT molecular complexity index is 657. The van der Waals surface area contributed by atoms with Gasteiger partial charge in [-0.3, -0.25) is 19.3 Å². The lowest BCUT2D eigenvalue weighted by molar-refractivity contribution is -0.142. The van der Waals surface area contributed by atoms with Crippen LogP contribution in [0.5, 0.6) is 0 Å². The van der Waals surface area contributed by atoms with Gasteiger partial charge in [0, 0.05) is 19.5 Å². The number of likely N-dealkylation sites (tertiary alicyclic amines) is 1. The van der Waals surface area contributed by atoms with Crippen LogP contribution >= 0.6 is 11.8 Å². The summed E-state index contributed by atoms with van der Waals surface area (Å²) in [4.78, 5) is 38.2. The van der Waals surface area contributed by atoms with E-state index in [1.807, 2.05) is 6.07 Å². The Labute approximate surface area is 137 Å². The predicted octanol–water partition coefficient (Wildman–Crippen LogP) is 1.97. The van der Waals surface area contributed by atoms with E-state index >= 15 is 0 Å². The highest BCUT2D eigenvalue weighted by Gasteiger charge is 2.43. The van der Waals surface area contributed by atoms with Gasteiger partial charge in [0.15, 0.2) is 0 Å². The fourth-order valence-corrected chi connectivity index (χ4v) is 3.52. The predicted molar refractivity (Wildman–Crippen MR) is 84.5 cm³/mol. The first kappa shape index (κ1) is 16.0. The smallest absolute Gasteiger partial charge is 0.289 e. The molecule has 23 heavy (non-hydrogen) atoms. The van der Waals surface area contributed by atoms with E-state index in [1.165, 1.54) is 11.0 Å². The number of halogens is 1. The van der Waals surface area contributed by atoms with Crippen molar-refractivity contribution in [3.63, 3.8) is 0 Å². The molecule has 0 bridgehead atoms. The van der Waals surface area contributed by atoms with E-state index in [1.54, 1.807) is 17.9 Å². The summed E-state index contributed by atoms with van der Waals surface area (Å²) in [6.07, 6.45) is 0.778. The lowest BCUT2D eigenvalue weighted by atomic mass is 10.0. The van der Waals surface area contributed by atoms with Crippen LogP contribution in [0.1, 0.15) is 17.5 Å². The highest BCUT2D eigenvalue weighted by molar-refractivity contribution is 8.14. The third-order valence-corrected chi connectivity index (χ3v) is 5.06. The SMILES string of the molecule is Cc1ccc(CCC(=O)N2CC(N3C(=O)CSC3=O)C2)cc1F. The maximum atomic E-state index is 13.5. The maximum absolute atomic E-state index is 13.5. The molecule has 2 aliphatic rings. The number of carbonyl (C=O) groups is 3. The maximum Gasteiger partial charge on any atom is 0.289 e. The Morgan fingerprint density at radius 2 is 2.09 bits per heavy atom. The number of hydrogen-bond acceptors (Lipinski definition) is 4. The van der Waals surface area contributed by atoms with Gasteiger partial charge in [-0.25, -0.2) is 4.39 Å². The van der Waals surface area contributed by atoms with Gasteiger partial charge in [-0.05, 0) is 30.5 Å². The van der Waals surface area contributed by atoms with E-state index in [9.17, 15) is 18.8 Å². The van der Waals surface area contributed by atoms with Gasteiger partial charge in [-0.15, -0.1) is 0 Å². The van der Waals surface area contributed by atoms with Crippen LogP contribution in [0.15, 0.2) is 18.2 Å². The van der Waals surface area contributed by atoms with E-state index in [4.69, 9.17) is 0 Å². The minimum Gasteiger partial charge on any atom is -0.338 e. The van der Waals surface area contributed by atoms with Crippen molar-refractivity contribution in [2.24, 2.45) is 0 Å². The van der Waals surface area contributed by atoms with Crippen LogP contribution in [0.4, 0.5) is 9.18 Å². The molecule has 3 rings (SSSR count). The van der Waals surface area contributed by atoms with E-state index in [0.29, 0.717) is 31.5 Å². The van der Waals surface area contributed by atoms with Gasteiger partial charge in [0.1, 0.15) is 5.82 Å². The van der Waals surface area contributed by atoms with Crippen LogP contribution in [-0.4, -0.2) is 51.7 Å². The van der Waals surface area contributed by atoms with Crippen LogP contribution in [0.3, 0.4) is 0 Å². The summed E-state index contributed by atoms with van der Waals surface area (Å²) in [6, 6.07) is 4.80. The van der Waals surface area contributed by atoms with E-state index in [-0.39, 0.29) is 34.7 Å². The quantitative estimate of drug-likeness (QED) is 0.843. The van der Waals surface area contributed by atoms with Crippen molar-refractivity contribution < 1.29 is 18.8 Å². The Hall–Kier alpha value is -1.89. The van der Waals surface area contributed by atoms with E-state index in [2.05, 4.69) is 0 Å². The summed E-state index contributed by atoms with van der Waals surface area (Å²) in [6.45, 7) is 2.50. The third-order valence-electron chi connectivity index (χ3n) is 4.23. The van der Waals surface area contributed by atoms with Crippen LogP contribution in [-0.2, 0) is 16.0 Å². The molecular weight excluding hydrogens is 319 g/mol. The summed E-state index contributed by atoms with van der Waals surface area (Å²) in [5.74, 6) is -0.272. The van der Waals surface area contributed by atoms with Crippen molar-refractivity contribution in [2.45, 2.75) is 25.8 Å². The molecular formula is C16H17FN2O3S. The van der Waals surface area contributed by atoms with Crippen molar-refractivity contribution in [3.8, 4) is 0 Å². The number of amides is 3. The average molecular weight is 336 g/mol. The standard InChI is InChI=1S/C16H17FN2O3S/c1-10-2-3-11(6-13(10)17)4-5-14(20)18-7-12(8-18)19-15(21)9-23-16(19)22/h2-3,6,12H,4-5,7-9H2,1H3. The summed E-state index contributed by atoms with van der Waals surface area (Å²) < 4.78 is 13.5. The number of thioether (sulfide) groups is 1. The summed E-state index contributed by atoms with van der Waals surface area (Å²) in [7, 11) is 0. The van der Waals surface area contributed by atoms with Crippen LogP contribution < -0.4 is 0 Å². The average Bonchev–Trinajstić information content (AvgIpc) is 2.79. The lowest BCUT2D eigenvalue weighted by Crippen LogP contribution is -2.62. The number of imide groups is 1. The highest BCUT2D eigenvalue weighted by Crippen LogP contribution is 2.26. The molecule has 0 unspecified atom stereocenters. The monoisotopic (exact) mass is 336 g/mol. The first-order valence-electron chi connectivity index (χ1n) is 7.47. The fourth-order valence-electron chi connectivity index (χ4n) is 2.74. The van der Waals surface area contributed by atoms with Crippen molar-refractivity contribution >= 4 is 28.8 Å². The second-order valence-corrected chi connectivity index (χ2v) is 6.78. The normalized spacial score (nSPS) is 18.5. The topological polar surface area (TPSA) is 57.7 Å². The van der Waals surface area contributed by atoms with Gasteiger partial charge in [0.2, 0.25) is 11.8 Å². The molecule has 1 aromatic rings. The first-order valence-corrected chi connectivity index (χ1v) is 8.46. The second kappa shape index (κ2) is 6.31. The van der Waals surface area contributed by atoms with Crippen molar-refractivity contribution in [1.29, 1.82) is 0 Å². The number of carbonyl (C=O) groups excluding carboxylic acids is 3. The molecule has 0 spiro atoms. The van der Waals surface area contributed by atoms with Gasteiger partial charge < -0.3 is 4.90 Å². The van der Waals surface area contributed by atoms with Crippen molar-refractivity contribution in [3.05, 3.63) is 35.1 Å². The molecule has 2 heterocycles. The molecule has 0 atom stereocenters. The van der Waals surface area contributed by atoms with Gasteiger partial charge in [0.25, 0.3) is 5.24 Å². The minimum atomic E-state index is -0.262. The summed E-state index contributed by atoms with van der Waals surface area (Å²) in [5.41, 5.74) is 1.38. The zero-order valence-corrected chi connectivity index (χ0v) is 13.6. The molecule has 0 N–H and O–H groups in total. The molecule has 2 fully saturated rings. The number of aryl methyl sites for hydroxylation is 2. The lowest BCUT2D eigenvalue weighted by Gasteiger charge is -2.42. The van der Waals surface area contributed by atoms with Crippen LogP contribution in [0.2, 0.25) is 0 Å². The second-order valence-electron chi connectivity index (χ2n) is 5.85. The Kier molecular flexibility index (Phi) is 4.39. The molecule has 7 heteroatoms. The fraction of sp³-hybridized carbons (Fsp3) is 0.438. The van der Waals surface area contributed by atoms with Crippen molar-refractivity contribution in [1.82, 2.24) is 9.80 Å². The molecule has 5 nitrogen and oxygen atoms in total. The molecule has 2 aliphatic heterocycles. The van der Waals surface area contributed by atoms with Crippen molar-refractivity contribution in [2.75, 3.05) is 18.8 Å². The molecule has 0 saturated carbocycles. The zero-order valence-electron chi connectivity index (χ0n) is 12.8. The highest BCUT2D eigenvalue weighted by atomic mass is 32.2. The molecule has 0 aromatic heterocycles. The molecule has 1 aromatic carbocycles.